The van der Waals surface area contributed by atoms with Crippen molar-refractivity contribution in [1.82, 2.24) is 15.0 Å². The van der Waals surface area contributed by atoms with Gasteiger partial charge in [-0.3, -0.25) is 0 Å². The molecule has 0 aliphatic rings. The molecule has 4 heterocycles. The summed E-state index contributed by atoms with van der Waals surface area (Å²) in [6.07, 6.45) is 0. The Hall–Kier alpha value is -6.57. The van der Waals surface area contributed by atoms with Crippen LogP contribution in [0.5, 0.6) is 0 Å². The fourth-order valence-corrected chi connectivity index (χ4v) is 11.6. The van der Waals surface area contributed by atoms with Gasteiger partial charge in [-0.15, -0.1) is 34.0 Å². The molecule has 6 heteroatoms. The zero-order valence-corrected chi connectivity index (χ0v) is 32.8. The van der Waals surface area contributed by atoms with Crippen LogP contribution in [0.4, 0.5) is 0 Å². The maximum Gasteiger partial charge on any atom is 0.164 e. The van der Waals surface area contributed by atoms with E-state index in [-0.39, 0.29) is 0 Å². The van der Waals surface area contributed by atoms with E-state index in [4.69, 9.17) is 15.0 Å². The molecule has 0 unspecified atom stereocenters. The van der Waals surface area contributed by atoms with Crippen molar-refractivity contribution in [2.75, 3.05) is 0 Å². The summed E-state index contributed by atoms with van der Waals surface area (Å²) in [5, 5.41) is 7.64. The molecule has 0 saturated carbocycles. The monoisotopic (exact) mass is 779 g/mol. The Morgan fingerprint density at radius 3 is 1.33 bits per heavy atom. The lowest BCUT2D eigenvalue weighted by Gasteiger charge is -2.11. The van der Waals surface area contributed by atoms with Gasteiger partial charge in [0.05, 0.1) is 0 Å². The highest BCUT2D eigenvalue weighted by atomic mass is 32.1. The second-order valence-electron chi connectivity index (χ2n) is 14.3. The molecule has 0 fully saturated rings. The molecular formula is C51H29N3S3. The summed E-state index contributed by atoms with van der Waals surface area (Å²) in [7, 11) is 0. The Balaban J connectivity index is 1.01. The van der Waals surface area contributed by atoms with Crippen LogP contribution in [0.2, 0.25) is 0 Å². The molecule has 4 aromatic heterocycles. The fourth-order valence-electron chi connectivity index (χ4n) is 8.28. The molecule has 0 saturated heterocycles. The average molecular weight is 780 g/mol. The average Bonchev–Trinajstić information content (AvgIpc) is 3.97. The van der Waals surface area contributed by atoms with Crippen molar-refractivity contribution in [2.24, 2.45) is 0 Å². The van der Waals surface area contributed by atoms with E-state index >= 15 is 0 Å². The number of fused-ring (bicyclic) bond motifs is 9. The Kier molecular flexibility index (Phi) is 7.45. The predicted molar refractivity (Wildman–Crippen MR) is 246 cm³/mol. The van der Waals surface area contributed by atoms with Gasteiger partial charge in [-0.1, -0.05) is 121 Å². The van der Waals surface area contributed by atoms with E-state index in [1.54, 1.807) is 0 Å². The molecule has 0 aliphatic carbocycles. The number of aromatic nitrogens is 3. The van der Waals surface area contributed by atoms with Crippen LogP contribution in [-0.2, 0) is 0 Å². The minimum absolute atomic E-state index is 0.646. The fraction of sp³-hybridized carbons (Fsp3) is 0. The van der Waals surface area contributed by atoms with Crippen molar-refractivity contribution in [3.05, 3.63) is 176 Å². The minimum atomic E-state index is 0.646. The Morgan fingerprint density at radius 2 is 0.684 bits per heavy atom. The third-order valence-electron chi connectivity index (χ3n) is 11.0. The van der Waals surface area contributed by atoms with E-state index in [2.05, 4.69) is 176 Å². The van der Waals surface area contributed by atoms with Crippen molar-refractivity contribution >= 4 is 94.5 Å². The van der Waals surface area contributed by atoms with Crippen LogP contribution in [0.15, 0.2) is 176 Å². The number of hydrogen-bond donors (Lipinski definition) is 0. The highest BCUT2D eigenvalue weighted by molar-refractivity contribution is 7.26. The molecule has 8 aromatic carbocycles. The molecule has 266 valence electrons. The Morgan fingerprint density at radius 1 is 0.263 bits per heavy atom. The molecule has 0 atom stereocenters. The van der Waals surface area contributed by atoms with E-state index in [0.717, 1.165) is 22.3 Å². The molecule has 0 amide bonds. The van der Waals surface area contributed by atoms with Crippen LogP contribution in [-0.4, -0.2) is 15.0 Å². The van der Waals surface area contributed by atoms with Gasteiger partial charge in [-0.2, -0.15) is 0 Å². The molecular weight excluding hydrogens is 751 g/mol. The zero-order valence-electron chi connectivity index (χ0n) is 30.3. The van der Waals surface area contributed by atoms with E-state index in [0.29, 0.717) is 17.5 Å². The summed E-state index contributed by atoms with van der Waals surface area (Å²) in [5.74, 6) is 1.95. The third kappa shape index (κ3) is 5.41. The maximum absolute atomic E-state index is 5.21. The largest absolute Gasteiger partial charge is 0.208 e. The quantitative estimate of drug-likeness (QED) is 0.175. The smallest absolute Gasteiger partial charge is 0.164 e. The summed E-state index contributed by atoms with van der Waals surface area (Å²) in [5.41, 5.74) is 7.60. The van der Waals surface area contributed by atoms with Gasteiger partial charge < -0.3 is 0 Å². The zero-order chi connectivity index (χ0) is 37.5. The first-order valence-corrected chi connectivity index (χ1v) is 21.4. The molecule has 12 aromatic rings. The number of nitrogens with zero attached hydrogens (tertiary/aromatic N) is 3. The molecule has 3 nitrogen and oxygen atoms in total. The first kappa shape index (κ1) is 32.7. The summed E-state index contributed by atoms with van der Waals surface area (Å²) >= 11 is 5.50. The van der Waals surface area contributed by atoms with Gasteiger partial charge >= 0.3 is 0 Å². The van der Waals surface area contributed by atoms with E-state index in [9.17, 15) is 0 Å². The number of thiophene rings is 3. The molecule has 12 rings (SSSR count). The highest BCUT2D eigenvalue weighted by Crippen LogP contribution is 2.42. The first-order chi connectivity index (χ1) is 28.2. The van der Waals surface area contributed by atoms with Crippen LogP contribution in [0, 0.1) is 0 Å². The highest BCUT2D eigenvalue weighted by Gasteiger charge is 2.17. The normalized spacial score (nSPS) is 11.9. The van der Waals surface area contributed by atoms with Gasteiger partial charge in [-0.05, 0) is 76.9 Å². The molecule has 0 N–H and O–H groups in total. The topological polar surface area (TPSA) is 38.7 Å². The molecule has 57 heavy (non-hydrogen) atoms. The van der Waals surface area contributed by atoms with E-state index in [1.807, 2.05) is 34.0 Å². The second-order valence-corrected chi connectivity index (χ2v) is 17.6. The van der Waals surface area contributed by atoms with Crippen molar-refractivity contribution in [3.63, 3.8) is 0 Å². The van der Waals surface area contributed by atoms with Crippen molar-refractivity contribution in [1.29, 1.82) is 0 Å². The van der Waals surface area contributed by atoms with Crippen LogP contribution in [0.3, 0.4) is 0 Å². The van der Waals surface area contributed by atoms with Crippen molar-refractivity contribution < 1.29 is 0 Å². The lowest BCUT2D eigenvalue weighted by molar-refractivity contribution is 1.07. The van der Waals surface area contributed by atoms with Gasteiger partial charge in [0.1, 0.15) is 0 Å². The maximum atomic E-state index is 5.21. The van der Waals surface area contributed by atoms with Crippen LogP contribution < -0.4 is 0 Å². The van der Waals surface area contributed by atoms with Crippen LogP contribution in [0.25, 0.3) is 117 Å². The Labute approximate surface area is 339 Å². The molecule has 0 bridgehead atoms. The van der Waals surface area contributed by atoms with Gasteiger partial charge in [0.25, 0.3) is 0 Å². The lowest BCUT2D eigenvalue weighted by atomic mass is 9.97. The summed E-state index contributed by atoms with van der Waals surface area (Å²) in [4.78, 5) is 15.6. The SMILES string of the molecule is c1cc(-c2nc(-c3ccc(-c4cccc5sc6ccccc6c45)cc3)nc(-c3ccc4sc5ccccc5c4c3)n2)cc(-c2cccc3sc4ccccc4c23)c1. The number of benzene rings is 8. The molecule has 0 aliphatic heterocycles. The second kappa shape index (κ2) is 13.0. The minimum Gasteiger partial charge on any atom is -0.208 e. The third-order valence-corrected chi connectivity index (χ3v) is 14.4. The summed E-state index contributed by atoms with van der Waals surface area (Å²) in [6.45, 7) is 0. The summed E-state index contributed by atoms with van der Waals surface area (Å²) in [6, 6.07) is 63.2. The van der Waals surface area contributed by atoms with Gasteiger partial charge in [-0.25, -0.2) is 15.0 Å². The number of rotatable bonds is 5. The van der Waals surface area contributed by atoms with Gasteiger partial charge in [0.2, 0.25) is 0 Å². The van der Waals surface area contributed by atoms with Crippen molar-refractivity contribution in [3.8, 4) is 56.4 Å². The Bertz CT molecular complexity index is 3540. The first-order valence-electron chi connectivity index (χ1n) is 18.9. The number of hydrogen-bond acceptors (Lipinski definition) is 6. The predicted octanol–water partition coefficient (Wildman–Crippen LogP) is 15.3. The molecule has 0 spiro atoms. The van der Waals surface area contributed by atoms with E-state index < -0.39 is 0 Å². The van der Waals surface area contributed by atoms with E-state index in [1.165, 1.54) is 77.2 Å². The van der Waals surface area contributed by atoms with Gasteiger partial charge in [0, 0.05) is 77.2 Å². The van der Waals surface area contributed by atoms with Crippen molar-refractivity contribution in [2.45, 2.75) is 0 Å². The molecule has 0 radical (unpaired) electrons. The summed E-state index contributed by atoms with van der Waals surface area (Å²) < 4.78 is 7.71. The van der Waals surface area contributed by atoms with Gasteiger partial charge in [0.15, 0.2) is 17.5 Å². The standard InChI is InChI=1S/C51H29N3S3/c1-4-17-41-37(12-1)40-29-34(26-27-44(40)55-41)51-53-49(31-24-22-30(23-25-31)35-15-8-20-45-47(35)38-13-2-5-18-42(38)56-45)52-50(54-51)33-11-7-10-32(28-33)36-16-9-21-46-48(36)39-14-3-6-19-43(39)57-46/h1-29H. The van der Waals surface area contributed by atoms with Crippen LogP contribution in [0.1, 0.15) is 0 Å². The lowest BCUT2D eigenvalue weighted by Crippen LogP contribution is -2.00. The van der Waals surface area contributed by atoms with Crippen LogP contribution >= 0.6 is 34.0 Å².